The van der Waals surface area contributed by atoms with Crippen LogP contribution in [-0.4, -0.2) is 37.7 Å². The first-order chi connectivity index (χ1) is 16.5. The van der Waals surface area contributed by atoms with E-state index in [1.807, 2.05) is 20.9 Å². The molecule has 1 saturated heterocycles. The Hall–Kier alpha value is -2.14. The van der Waals surface area contributed by atoms with Gasteiger partial charge in [0, 0.05) is 18.8 Å². The SMILES string of the molecule is C/C=C/N.CC=N.CCC1CCN(c2ccc(C(C)C)cc2)CC1.CNC(C)(CC(C)C)C(C)=O. The van der Waals surface area contributed by atoms with Crippen LogP contribution in [0.3, 0.4) is 0 Å². The second-order valence-electron chi connectivity index (χ2n) is 10.1. The number of allylic oxidation sites excluding steroid dienone is 1. The van der Waals surface area contributed by atoms with Crippen molar-refractivity contribution in [3.8, 4) is 0 Å². The molecular formula is C30H56N4O. The Kier molecular flexibility index (Phi) is 20.1. The molecule has 2 rings (SSSR count). The van der Waals surface area contributed by atoms with Crippen LogP contribution in [-0.2, 0) is 4.79 Å². The molecule has 1 aromatic carbocycles. The van der Waals surface area contributed by atoms with E-state index in [0.29, 0.717) is 11.8 Å². The number of nitrogens with zero attached hydrogens (tertiary/aromatic N) is 1. The predicted molar refractivity (Wildman–Crippen MR) is 157 cm³/mol. The summed E-state index contributed by atoms with van der Waals surface area (Å²) >= 11 is 0. The van der Waals surface area contributed by atoms with Crippen molar-refractivity contribution < 1.29 is 4.79 Å². The smallest absolute Gasteiger partial charge is 0.149 e. The molecule has 5 nitrogen and oxygen atoms in total. The van der Waals surface area contributed by atoms with Crippen LogP contribution in [0.15, 0.2) is 36.5 Å². The molecule has 4 N–H and O–H groups in total. The third-order valence-corrected chi connectivity index (χ3v) is 6.45. The Morgan fingerprint density at radius 2 is 1.63 bits per heavy atom. The van der Waals surface area contributed by atoms with E-state index >= 15 is 0 Å². The van der Waals surface area contributed by atoms with Gasteiger partial charge in [0.25, 0.3) is 0 Å². The van der Waals surface area contributed by atoms with Gasteiger partial charge < -0.3 is 21.4 Å². The number of nitrogens with two attached hydrogens (primary N) is 1. The van der Waals surface area contributed by atoms with Gasteiger partial charge in [0.1, 0.15) is 5.78 Å². The van der Waals surface area contributed by atoms with Crippen molar-refractivity contribution in [3.05, 3.63) is 42.1 Å². The highest BCUT2D eigenvalue weighted by molar-refractivity contribution is 5.85. The molecule has 1 unspecified atom stereocenters. The van der Waals surface area contributed by atoms with Gasteiger partial charge >= 0.3 is 0 Å². The molecule has 1 atom stereocenters. The van der Waals surface area contributed by atoms with Crippen LogP contribution in [0.5, 0.6) is 0 Å². The van der Waals surface area contributed by atoms with Gasteiger partial charge in [-0.3, -0.25) is 4.79 Å². The lowest BCUT2D eigenvalue weighted by molar-refractivity contribution is -0.123. The molecule has 1 heterocycles. The van der Waals surface area contributed by atoms with Crippen molar-refractivity contribution in [2.75, 3.05) is 25.0 Å². The number of anilines is 1. The fraction of sp³-hybridized carbons (Fsp3) is 0.667. The van der Waals surface area contributed by atoms with Crippen molar-refractivity contribution in [2.45, 2.75) is 99.5 Å². The summed E-state index contributed by atoms with van der Waals surface area (Å²) in [5.74, 6) is 2.36. The van der Waals surface area contributed by atoms with Gasteiger partial charge in [0.2, 0.25) is 0 Å². The van der Waals surface area contributed by atoms with E-state index in [0.717, 1.165) is 12.3 Å². The summed E-state index contributed by atoms with van der Waals surface area (Å²) in [6.45, 7) is 20.7. The summed E-state index contributed by atoms with van der Waals surface area (Å²) in [6.07, 6.45) is 9.50. The fourth-order valence-corrected chi connectivity index (χ4v) is 3.91. The molecule has 0 radical (unpaired) electrons. The maximum atomic E-state index is 11.2. The third kappa shape index (κ3) is 15.5. The molecule has 1 aliphatic rings. The minimum absolute atomic E-state index is 0.216. The number of likely N-dealkylation sites (N-methyl/N-ethyl adjacent to an activating group) is 1. The van der Waals surface area contributed by atoms with Gasteiger partial charge in [-0.25, -0.2) is 0 Å². The quantitative estimate of drug-likeness (QED) is 0.355. The van der Waals surface area contributed by atoms with Crippen molar-refractivity contribution in [2.24, 2.45) is 17.6 Å². The van der Waals surface area contributed by atoms with Crippen LogP contribution in [0.25, 0.3) is 0 Å². The first kappa shape index (κ1) is 35.0. The van der Waals surface area contributed by atoms with E-state index in [1.54, 1.807) is 19.9 Å². The lowest BCUT2D eigenvalue weighted by Crippen LogP contribution is -2.47. The zero-order valence-electron chi connectivity index (χ0n) is 24.4. The standard InChI is InChI=1S/C16H25N.C9H19NO.C3H7N.C2H5N/c1-4-14-9-11-17(12-10-14)16-7-5-15(6-8-16)13(2)3;1-7(2)6-9(4,10-5)8(3)11;1-2-3-4;1-2-3/h5-8,13-14H,4,9-12H2,1-3H3;7,10H,6H2,1-5H3;2-3H,4H2,1H3;2-3H,1H3/b;;3-2+;. The number of carbonyl (C=O) groups excluding carboxylic acids is 1. The van der Waals surface area contributed by atoms with E-state index in [-0.39, 0.29) is 11.3 Å². The Morgan fingerprint density at radius 1 is 1.17 bits per heavy atom. The average molecular weight is 489 g/mol. The summed E-state index contributed by atoms with van der Waals surface area (Å²) < 4.78 is 0. The number of rotatable bonds is 7. The normalized spacial score (nSPS) is 15.3. The van der Waals surface area contributed by atoms with Crippen molar-refractivity contribution in [3.63, 3.8) is 0 Å². The molecule has 1 fully saturated rings. The van der Waals surface area contributed by atoms with Crippen LogP contribution < -0.4 is 16.0 Å². The third-order valence-electron chi connectivity index (χ3n) is 6.45. The number of carbonyl (C=O) groups is 1. The Labute approximate surface area is 217 Å². The second-order valence-corrected chi connectivity index (χ2v) is 10.1. The number of ketones is 1. The predicted octanol–water partition coefficient (Wildman–Crippen LogP) is 7.17. The van der Waals surface area contributed by atoms with Gasteiger partial charge in [-0.1, -0.05) is 59.2 Å². The van der Waals surface area contributed by atoms with Crippen molar-refractivity contribution in [1.29, 1.82) is 5.41 Å². The van der Waals surface area contributed by atoms with Crippen molar-refractivity contribution >= 4 is 17.7 Å². The molecule has 0 aliphatic carbocycles. The lowest BCUT2D eigenvalue weighted by atomic mass is 9.88. The zero-order valence-corrected chi connectivity index (χ0v) is 24.4. The molecule has 1 aliphatic heterocycles. The summed E-state index contributed by atoms with van der Waals surface area (Å²) in [5, 5.41) is 9.14. The maximum absolute atomic E-state index is 11.2. The van der Waals surface area contributed by atoms with Gasteiger partial charge in [-0.05, 0) is 102 Å². The molecule has 0 bridgehead atoms. The Morgan fingerprint density at radius 3 is 1.89 bits per heavy atom. The minimum Gasteiger partial charge on any atom is -0.405 e. The highest BCUT2D eigenvalue weighted by atomic mass is 16.1. The number of Topliss-reactive ketones (excluding diaryl/α,β-unsaturated/α-hetero) is 1. The molecule has 0 aromatic heterocycles. The van der Waals surface area contributed by atoms with Crippen LogP contribution >= 0.6 is 0 Å². The summed E-state index contributed by atoms with van der Waals surface area (Å²) in [5.41, 5.74) is 7.37. The molecule has 1 aromatic rings. The van der Waals surface area contributed by atoms with Gasteiger partial charge in [0.05, 0.1) is 5.54 Å². The first-order valence-electron chi connectivity index (χ1n) is 13.3. The Balaban J connectivity index is 0. The van der Waals surface area contributed by atoms with Crippen LogP contribution in [0.2, 0.25) is 0 Å². The first-order valence-corrected chi connectivity index (χ1v) is 13.3. The second kappa shape index (κ2) is 20.1. The molecule has 0 spiro atoms. The number of hydrogen-bond acceptors (Lipinski definition) is 5. The summed E-state index contributed by atoms with van der Waals surface area (Å²) in [6, 6.07) is 9.15. The van der Waals surface area contributed by atoms with E-state index in [4.69, 9.17) is 11.1 Å². The largest absolute Gasteiger partial charge is 0.405 e. The number of nitrogens with one attached hydrogen (secondary N) is 2. The molecular weight excluding hydrogens is 432 g/mol. The van der Waals surface area contributed by atoms with E-state index in [1.165, 1.54) is 56.0 Å². The van der Waals surface area contributed by atoms with Gasteiger partial charge in [-0.15, -0.1) is 0 Å². The fourth-order valence-electron chi connectivity index (χ4n) is 3.91. The number of hydrogen-bond donors (Lipinski definition) is 3. The maximum Gasteiger partial charge on any atom is 0.149 e. The van der Waals surface area contributed by atoms with Crippen LogP contribution in [0.4, 0.5) is 5.69 Å². The molecule has 202 valence electrons. The Bertz CT molecular complexity index is 685. The zero-order chi connectivity index (χ0) is 27.4. The molecule has 0 saturated carbocycles. The summed E-state index contributed by atoms with van der Waals surface area (Å²) in [7, 11) is 1.84. The van der Waals surface area contributed by atoms with Crippen molar-refractivity contribution in [1.82, 2.24) is 5.32 Å². The monoisotopic (exact) mass is 488 g/mol. The van der Waals surface area contributed by atoms with Gasteiger partial charge in [0.15, 0.2) is 0 Å². The lowest BCUT2D eigenvalue weighted by Gasteiger charge is -2.33. The summed E-state index contributed by atoms with van der Waals surface area (Å²) in [4.78, 5) is 13.7. The number of benzene rings is 1. The van der Waals surface area contributed by atoms with E-state index < -0.39 is 0 Å². The van der Waals surface area contributed by atoms with Gasteiger partial charge in [-0.2, -0.15) is 0 Å². The minimum atomic E-state index is -0.325. The van der Waals surface area contributed by atoms with Crippen LogP contribution in [0.1, 0.15) is 99.5 Å². The number of piperidine rings is 1. The van der Waals surface area contributed by atoms with Crippen LogP contribution in [0, 0.1) is 17.2 Å². The highest BCUT2D eigenvalue weighted by Gasteiger charge is 2.28. The van der Waals surface area contributed by atoms with E-state index in [9.17, 15) is 4.79 Å². The molecule has 5 heteroatoms. The average Bonchev–Trinajstić information content (AvgIpc) is 2.84. The molecule has 0 amide bonds. The topological polar surface area (TPSA) is 82.2 Å². The molecule has 35 heavy (non-hydrogen) atoms. The highest BCUT2D eigenvalue weighted by Crippen LogP contribution is 2.26. The van der Waals surface area contributed by atoms with E-state index in [2.05, 4.69) is 69.1 Å².